The van der Waals surface area contributed by atoms with Crippen LogP contribution in [0.5, 0.6) is 0 Å². The Hall–Kier alpha value is -4.26. The van der Waals surface area contributed by atoms with Crippen LogP contribution in [0, 0.1) is 0 Å². The molecule has 0 N–H and O–H groups in total. The smallest absolute Gasteiger partial charge is 0.235 e. The van der Waals surface area contributed by atoms with E-state index in [1.54, 1.807) is 24.3 Å². The van der Waals surface area contributed by atoms with Gasteiger partial charge in [-0.05, 0) is 28.4 Å². The Morgan fingerprint density at radius 1 is 0.389 bits per heavy atom. The fraction of sp³-hybridized carbons (Fsp3) is 0. The molecule has 5 aromatic carbocycles. The Labute approximate surface area is 211 Å². The third-order valence-corrected chi connectivity index (χ3v) is 10.6. The van der Waals surface area contributed by atoms with Crippen molar-refractivity contribution in [3.63, 3.8) is 0 Å². The van der Waals surface area contributed by atoms with E-state index in [2.05, 4.69) is 36.4 Å². The van der Waals surface area contributed by atoms with Gasteiger partial charge in [0.15, 0.2) is 0 Å². The van der Waals surface area contributed by atoms with E-state index in [9.17, 15) is 9.59 Å². The van der Waals surface area contributed by atoms with Crippen LogP contribution in [-0.4, -0.2) is 16.9 Å². The SMILES string of the molecule is O=C(C(=O)c1ccccc1)C(c1ccccc1)=P(c1ccccc1)(c1ccccc1)c1ccccc1. The van der Waals surface area contributed by atoms with Gasteiger partial charge in [-0.15, -0.1) is 0 Å². The lowest BCUT2D eigenvalue weighted by Gasteiger charge is -2.32. The quantitative estimate of drug-likeness (QED) is 0.170. The fourth-order valence-electron chi connectivity index (χ4n) is 4.69. The van der Waals surface area contributed by atoms with Gasteiger partial charge in [-0.25, -0.2) is 0 Å². The van der Waals surface area contributed by atoms with Crippen molar-refractivity contribution in [3.8, 4) is 0 Å². The number of carbonyl (C=O) groups is 2. The van der Waals surface area contributed by atoms with Gasteiger partial charge < -0.3 is 0 Å². The molecule has 0 aliphatic heterocycles. The zero-order valence-corrected chi connectivity index (χ0v) is 20.6. The number of hydrogen-bond acceptors (Lipinski definition) is 2. The second kappa shape index (κ2) is 10.6. The Kier molecular flexibility index (Phi) is 6.89. The summed E-state index contributed by atoms with van der Waals surface area (Å²) in [5, 5.41) is 3.61. The molecule has 0 aliphatic rings. The first-order valence-corrected chi connectivity index (χ1v) is 13.6. The highest BCUT2D eigenvalue weighted by Gasteiger charge is 2.36. The summed E-state index contributed by atoms with van der Waals surface area (Å²) in [6, 6.07) is 48.9. The highest BCUT2D eigenvalue weighted by Crippen LogP contribution is 2.48. The normalized spacial score (nSPS) is 11.0. The van der Waals surface area contributed by atoms with Crippen LogP contribution in [-0.2, 0) is 4.79 Å². The van der Waals surface area contributed by atoms with Crippen molar-refractivity contribution < 1.29 is 9.59 Å². The predicted octanol–water partition coefficient (Wildman–Crippen LogP) is 5.65. The van der Waals surface area contributed by atoms with Crippen LogP contribution in [0.3, 0.4) is 0 Å². The van der Waals surface area contributed by atoms with Crippen molar-refractivity contribution in [2.24, 2.45) is 0 Å². The number of benzene rings is 5. The summed E-state index contributed by atoms with van der Waals surface area (Å²) in [6.07, 6.45) is 0. The molecule has 0 spiro atoms. The maximum Gasteiger partial charge on any atom is 0.235 e. The minimum atomic E-state index is -2.77. The molecule has 0 radical (unpaired) electrons. The molecule has 0 aromatic heterocycles. The van der Waals surface area contributed by atoms with Crippen molar-refractivity contribution in [2.45, 2.75) is 0 Å². The summed E-state index contributed by atoms with van der Waals surface area (Å²) < 4.78 is 0. The first-order chi connectivity index (χ1) is 17.7. The molecule has 0 fully saturated rings. The summed E-state index contributed by atoms with van der Waals surface area (Å²) in [5.41, 5.74) is 1.15. The minimum Gasteiger partial charge on any atom is -0.285 e. The first kappa shape index (κ1) is 23.5. The van der Waals surface area contributed by atoms with E-state index in [-0.39, 0.29) is 0 Å². The van der Waals surface area contributed by atoms with Gasteiger partial charge in [0.05, 0.1) is 0 Å². The lowest BCUT2D eigenvalue weighted by atomic mass is 10.0. The molecule has 0 saturated carbocycles. The monoisotopic (exact) mass is 484 g/mol. The summed E-state index contributed by atoms with van der Waals surface area (Å²) in [6.45, 7) is -2.77. The second-order valence-electron chi connectivity index (χ2n) is 8.42. The molecular formula is C33H25O2P. The molecule has 5 rings (SSSR count). The Morgan fingerprint density at radius 3 is 1.06 bits per heavy atom. The van der Waals surface area contributed by atoms with Gasteiger partial charge in [-0.1, -0.05) is 152 Å². The highest BCUT2D eigenvalue weighted by atomic mass is 31.2. The number of rotatable bonds is 7. The fourth-order valence-corrected chi connectivity index (χ4v) is 9.16. The molecule has 0 bridgehead atoms. The van der Waals surface area contributed by atoms with E-state index < -0.39 is 18.5 Å². The molecule has 0 amide bonds. The van der Waals surface area contributed by atoms with Gasteiger partial charge in [0, 0.05) is 10.9 Å². The highest BCUT2D eigenvalue weighted by molar-refractivity contribution is 7.97. The van der Waals surface area contributed by atoms with Crippen molar-refractivity contribution in [1.29, 1.82) is 0 Å². The third-order valence-electron chi connectivity index (χ3n) is 6.27. The predicted molar refractivity (Wildman–Crippen MR) is 151 cm³/mol. The van der Waals surface area contributed by atoms with Crippen molar-refractivity contribution >= 4 is 39.7 Å². The molecule has 36 heavy (non-hydrogen) atoms. The minimum absolute atomic E-state index is 0.392. The summed E-state index contributed by atoms with van der Waals surface area (Å²) in [7, 11) is 0. The Balaban J connectivity index is 2.00. The molecule has 0 saturated heterocycles. The van der Waals surface area contributed by atoms with E-state index in [4.69, 9.17) is 0 Å². The van der Waals surface area contributed by atoms with Crippen molar-refractivity contribution in [1.82, 2.24) is 0 Å². The second-order valence-corrected chi connectivity index (χ2v) is 11.8. The maximum absolute atomic E-state index is 14.5. The van der Waals surface area contributed by atoms with Gasteiger partial charge in [0.1, 0.15) is 0 Å². The largest absolute Gasteiger partial charge is 0.285 e. The molecule has 5 aromatic rings. The van der Waals surface area contributed by atoms with Crippen LogP contribution in [0.25, 0.3) is 0 Å². The van der Waals surface area contributed by atoms with E-state index in [0.717, 1.165) is 21.5 Å². The van der Waals surface area contributed by atoms with Gasteiger partial charge in [-0.3, -0.25) is 9.59 Å². The number of carbonyl (C=O) groups excluding carboxylic acids is 2. The van der Waals surface area contributed by atoms with Gasteiger partial charge in [-0.2, -0.15) is 0 Å². The van der Waals surface area contributed by atoms with E-state index >= 15 is 0 Å². The zero-order valence-electron chi connectivity index (χ0n) is 19.7. The van der Waals surface area contributed by atoms with Gasteiger partial charge >= 0.3 is 0 Å². The van der Waals surface area contributed by atoms with Crippen molar-refractivity contribution in [2.75, 3.05) is 0 Å². The van der Waals surface area contributed by atoms with Crippen LogP contribution < -0.4 is 15.9 Å². The number of Topliss-reactive ketones (excluding diaryl/α,β-unsaturated/α-hetero) is 2. The average Bonchev–Trinajstić information content (AvgIpc) is 2.97. The zero-order chi connectivity index (χ0) is 24.8. The van der Waals surface area contributed by atoms with Gasteiger partial charge in [0.25, 0.3) is 0 Å². The molecular weight excluding hydrogens is 459 g/mol. The third kappa shape index (κ3) is 4.28. The average molecular weight is 485 g/mol. The topological polar surface area (TPSA) is 34.1 Å². The standard InChI is InChI=1S/C33H25O2P/c34-31(26-16-6-1-7-17-26)32(35)33(27-18-8-2-9-19-27)36(28-20-10-3-11-21-28,29-22-12-4-13-23-29)30-24-14-5-15-25-30/h1-25H. The summed E-state index contributed by atoms with van der Waals surface area (Å²) in [5.74, 6) is -0.973. The summed E-state index contributed by atoms with van der Waals surface area (Å²) >= 11 is 0. The van der Waals surface area contributed by atoms with Crippen molar-refractivity contribution in [3.05, 3.63) is 163 Å². The summed E-state index contributed by atoms with van der Waals surface area (Å²) in [4.78, 5) is 28.2. The lowest BCUT2D eigenvalue weighted by Crippen LogP contribution is -2.36. The number of ketones is 2. The van der Waals surface area contributed by atoms with Gasteiger partial charge in [0.2, 0.25) is 11.6 Å². The Bertz CT molecular complexity index is 1420. The Morgan fingerprint density at radius 2 is 0.694 bits per heavy atom. The molecule has 2 nitrogen and oxygen atoms in total. The van der Waals surface area contributed by atoms with E-state index in [1.807, 2.05) is 91.0 Å². The van der Waals surface area contributed by atoms with E-state index in [1.165, 1.54) is 0 Å². The molecule has 0 unspecified atom stereocenters. The first-order valence-electron chi connectivity index (χ1n) is 11.9. The molecule has 0 aliphatic carbocycles. The molecule has 3 heteroatoms. The lowest BCUT2D eigenvalue weighted by molar-refractivity contribution is -0.109. The van der Waals surface area contributed by atoms with Crippen LogP contribution >= 0.6 is 6.89 Å². The van der Waals surface area contributed by atoms with E-state index in [0.29, 0.717) is 10.9 Å². The van der Waals surface area contributed by atoms with Crippen LogP contribution in [0.1, 0.15) is 15.9 Å². The van der Waals surface area contributed by atoms with Crippen LogP contribution in [0.2, 0.25) is 0 Å². The maximum atomic E-state index is 14.5. The van der Waals surface area contributed by atoms with Crippen LogP contribution in [0.4, 0.5) is 0 Å². The molecule has 0 heterocycles. The molecule has 0 atom stereocenters. The number of hydrogen-bond donors (Lipinski definition) is 0. The van der Waals surface area contributed by atoms with Crippen LogP contribution in [0.15, 0.2) is 152 Å². The molecule has 174 valence electrons.